The predicted octanol–water partition coefficient (Wildman–Crippen LogP) is 3.60. The number of nitrogens with one attached hydrogen (secondary N) is 1. The van der Waals surface area contributed by atoms with E-state index in [0.717, 1.165) is 18.5 Å². The lowest BCUT2D eigenvalue weighted by Crippen LogP contribution is -2.45. The number of amides is 2. The molecule has 1 saturated heterocycles. The molecule has 2 rings (SSSR count). The minimum absolute atomic E-state index is 0.0805. The van der Waals surface area contributed by atoms with E-state index in [9.17, 15) is 9.59 Å². The molecule has 7 heteroatoms. The molecule has 7 nitrogen and oxygen atoms in total. The van der Waals surface area contributed by atoms with Gasteiger partial charge in [0, 0.05) is 12.6 Å². The lowest BCUT2D eigenvalue weighted by Gasteiger charge is -2.27. The fourth-order valence-corrected chi connectivity index (χ4v) is 2.78. The van der Waals surface area contributed by atoms with Crippen LogP contribution >= 0.6 is 0 Å². The van der Waals surface area contributed by atoms with Gasteiger partial charge in [0.05, 0.1) is 5.69 Å². The minimum atomic E-state index is -0.590. The molecule has 0 radical (unpaired) electrons. The summed E-state index contributed by atoms with van der Waals surface area (Å²) in [6, 6.07) is 1.18. The summed E-state index contributed by atoms with van der Waals surface area (Å²) in [5.74, 6) is 0.0297. The van der Waals surface area contributed by atoms with Crippen molar-refractivity contribution in [3.05, 3.63) is 11.8 Å². The van der Waals surface area contributed by atoms with Gasteiger partial charge in [-0.05, 0) is 45.4 Å². The molecule has 0 unspecified atom stereocenters. The lowest BCUT2D eigenvalue weighted by molar-refractivity contribution is -0.120. The van der Waals surface area contributed by atoms with Crippen LogP contribution in [0.3, 0.4) is 0 Å². The van der Waals surface area contributed by atoms with Crippen LogP contribution in [0, 0.1) is 5.41 Å². The highest BCUT2D eigenvalue weighted by Gasteiger charge is 2.37. The normalized spacial score (nSPS) is 18.3. The van der Waals surface area contributed by atoms with E-state index in [1.54, 1.807) is 26.8 Å². The Bertz CT molecular complexity index is 625. The van der Waals surface area contributed by atoms with Crippen LogP contribution in [-0.4, -0.2) is 40.2 Å². The highest BCUT2D eigenvalue weighted by molar-refractivity contribution is 5.95. The van der Waals surface area contributed by atoms with Gasteiger partial charge in [-0.25, -0.2) is 4.79 Å². The lowest BCUT2D eigenvalue weighted by atomic mass is 9.91. The summed E-state index contributed by atoms with van der Waals surface area (Å²) in [5.41, 5.74) is 0.281. The molecule has 0 saturated carbocycles. The second kappa shape index (κ2) is 7.06. The molecule has 1 N–H and O–H groups in total. The summed E-state index contributed by atoms with van der Waals surface area (Å²) in [6.45, 7) is 12.3. The molecule has 1 aliphatic heterocycles. The summed E-state index contributed by atoms with van der Waals surface area (Å²) in [5, 5.41) is 6.71. The smallest absolute Gasteiger partial charge is 0.410 e. The van der Waals surface area contributed by atoms with Crippen molar-refractivity contribution in [2.75, 3.05) is 11.9 Å². The summed E-state index contributed by atoms with van der Waals surface area (Å²) < 4.78 is 10.6. The first-order chi connectivity index (χ1) is 11.4. The number of aromatic nitrogens is 1. The van der Waals surface area contributed by atoms with E-state index in [4.69, 9.17) is 9.26 Å². The number of hydrogen-bond acceptors (Lipinski definition) is 5. The Hall–Kier alpha value is -2.05. The predicted molar refractivity (Wildman–Crippen MR) is 94.3 cm³/mol. The zero-order valence-corrected chi connectivity index (χ0v) is 16.0. The zero-order chi connectivity index (χ0) is 18.8. The van der Waals surface area contributed by atoms with E-state index in [0.29, 0.717) is 18.8 Å². The third-order valence-corrected chi connectivity index (χ3v) is 3.70. The van der Waals surface area contributed by atoms with Crippen molar-refractivity contribution < 1.29 is 18.8 Å². The van der Waals surface area contributed by atoms with E-state index in [-0.39, 0.29) is 11.3 Å². The topological polar surface area (TPSA) is 84.7 Å². The second-order valence-corrected chi connectivity index (χ2v) is 8.74. The van der Waals surface area contributed by atoms with E-state index >= 15 is 0 Å². The van der Waals surface area contributed by atoms with Crippen LogP contribution in [-0.2, 0) is 16.0 Å². The van der Waals surface area contributed by atoms with E-state index in [2.05, 4.69) is 31.2 Å². The van der Waals surface area contributed by atoms with Crippen LogP contribution in [0.15, 0.2) is 10.6 Å². The maximum Gasteiger partial charge on any atom is 0.410 e. The van der Waals surface area contributed by atoms with Gasteiger partial charge >= 0.3 is 6.09 Å². The second-order valence-electron chi connectivity index (χ2n) is 8.74. The quantitative estimate of drug-likeness (QED) is 0.899. The van der Waals surface area contributed by atoms with Crippen molar-refractivity contribution in [2.24, 2.45) is 5.41 Å². The highest BCUT2D eigenvalue weighted by atomic mass is 16.6. The number of nitrogens with zero attached hydrogens (tertiary/aromatic N) is 2. The van der Waals surface area contributed by atoms with E-state index in [1.807, 2.05) is 0 Å². The molecule has 1 aliphatic rings. The molecule has 140 valence electrons. The number of hydrogen-bond donors (Lipinski definition) is 1. The molecule has 2 amide bonds. The Morgan fingerprint density at radius 3 is 2.60 bits per heavy atom. The largest absolute Gasteiger partial charge is 0.444 e. The number of rotatable bonds is 3. The van der Waals surface area contributed by atoms with Gasteiger partial charge in [0.1, 0.15) is 11.6 Å². The average molecular weight is 351 g/mol. The molecule has 1 aromatic heterocycles. The average Bonchev–Trinajstić information content (AvgIpc) is 3.03. The van der Waals surface area contributed by atoms with Crippen LogP contribution in [0.5, 0.6) is 0 Å². The molecule has 1 aromatic rings. The van der Waals surface area contributed by atoms with E-state index in [1.165, 1.54) is 4.90 Å². The fourth-order valence-electron chi connectivity index (χ4n) is 2.78. The Morgan fingerprint density at radius 2 is 2.00 bits per heavy atom. The maximum absolute atomic E-state index is 12.5. The number of anilines is 1. The molecular formula is C18H29N3O4. The third-order valence-electron chi connectivity index (χ3n) is 3.70. The monoisotopic (exact) mass is 351 g/mol. The van der Waals surface area contributed by atoms with Gasteiger partial charge in [0.2, 0.25) is 11.8 Å². The summed E-state index contributed by atoms with van der Waals surface area (Å²) >= 11 is 0. The Labute approximate surface area is 149 Å². The van der Waals surface area contributed by atoms with Crippen LogP contribution in [0.2, 0.25) is 0 Å². The van der Waals surface area contributed by atoms with Gasteiger partial charge in [-0.15, -0.1) is 0 Å². The summed E-state index contributed by atoms with van der Waals surface area (Å²) in [6.07, 6.45) is 1.66. The minimum Gasteiger partial charge on any atom is -0.444 e. The summed E-state index contributed by atoms with van der Waals surface area (Å²) in [7, 11) is 0. The van der Waals surface area contributed by atoms with Gasteiger partial charge in [-0.2, -0.15) is 0 Å². The Kier molecular flexibility index (Phi) is 5.44. The van der Waals surface area contributed by atoms with Gasteiger partial charge in [0.25, 0.3) is 0 Å². The van der Waals surface area contributed by atoms with Crippen LogP contribution in [0.4, 0.5) is 10.7 Å². The molecule has 2 heterocycles. The van der Waals surface area contributed by atoms with Crippen LogP contribution in [0.25, 0.3) is 0 Å². The van der Waals surface area contributed by atoms with Crippen molar-refractivity contribution in [1.82, 2.24) is 10.1 Å². The molecule has 0 spiro atoms. The number of likely N-dealkylation sites (tertiary alicyclic amines) is 1. The zero-order valence-electron chi connectivity index (χ0n) is 16.0. The number of carbonyl (C=O) groups excluding carboxylic acids is 2. The molecular weight excluding hydrogens is 322 g/mol. The van der Waals surface area contributed by atoms with Crippen molar-refractivity contribution in [2.45, 2.75) is 72.4 Å². The van der Waals surface area contributed by atoms with Gasteiger partial charge in [-0.3, -0.25) is 15.0 Å². The fraction of sp³-hybridized carbons (Fsp3) is 0.722. The van der Waals surface area contributed by atoms with Gasteiger partial charge in [0.15, 0.2) is 0 Å². The molecule has 1 atom stereocenters. The van der Waals surface area contributed by atoms with Gasteiger partial charge < -0.3 is 9.26 Å². The van der Waals surface area contributed by atoms with Gasteiger partial charge in [-0.1, -0.05) is 25.9 Å². The van der Waals surface area contributed by atoms with E-state index < -0.39 is 17.7 Å². The van der Waals surface area contributed by atoms with Crippen molar-refractivity contribution in [3.8, 4) is 0 Å². The Morgan fingerprint density at radius 1 is 1.32 bits per heavy atom. The molecule has 0 bridgehead atoms. The maximum atomic E-state index is 12.5. The third kappa shape index (κ3) is 5.76. The van der Waals surface area contributed by atoms with Crippen LogP contribution in [0.1, 0.15) is 60.1 Å². The molecule has 0 aromatic carbocycles. The number of ether oxygens (including phenoxy) is 1. The molecule has 1 fully saturated rings. The first-order valence-electron chi connectivity index (χ1n) is 8.71. The van der Waals surface area contributed by atoms with Crippen molar-refractivity contribution in [1.29, 1.82) is 0 Å². The standard InChI is InChI=1S/C18H29N3O4/c1-17(2,3)11-12-10-14(25-20-12)19-15(22)13-8-7-9-21(13)16(23)24-18(4,5)6/h10,13H,7-9,11H2,1-6H3,(H,19,22)/t13-/m0/s1. The first kappa shape index (κ1) is 19.3. The number of carbonyl (C=O) groups is 2. The SMILES string of the molecule is CC(C)(C)Cc1cc(NC(=O)[C@@H]2CCCN2C(=O)OC(C)(C)C)on1. The molecule has 0 aliphatic carbocycles. The van der Waals surface area contributed by atoms with Crippen molar-refractivity contribution >= 4 is 17.9 Å². The Balaban J connectivity index is 1.99. The molecule has 25 heavy (non-hydrogen) atoms. The van der Waals surface area contributed by atoms with Crippen molar-refractivity contribution in [3.63, 3.8) is 0 Å². The highest BCUT2D eigenvalue weighted by Crippen LogP contribution is 2.24. The summed E-state index contributed by atoms with van der Waals surface area (Å²) in [4.78, 5) is 26.3. The first-order valence-corrected chi connectivity index (χ1v) is 8.71. The van der Waals surface area contributed by atoms with Crippen LogP contribution < -0.4 is 5.32 Å².